The van der Waals surface area contributed by atoms with Gasteiger partial charge in [0.15, 0.2) is 17.6 Å². The molecule has 0 bridgehead atoms. The molecule has 1 atom stereocenters. The van der Waals surface area contributed by atoms with Gasteiger partial charge in [0.1, 0.15) is 5.75 Å². The van der Waals surface area contributed by atoms with Crippen LogP contribution in [0.3, 0.4) is 0 Å². The molecule has 0 aliphatic heterocycles. The highest BCUT2D eigenvalue weighted by atomic mass is 16.5. The predicted molar refractivity (Wildman–Crippen MR) is 141 cm³/mol. The Kier molecular flexibility index (Phi) is 9.33. The summed E-state index contributed by atoms with van der Waals surface area (Å²) in [4.78, 5) is 25.8. The van der Waals surface area contributed by atoms with Crippen LogP contribution in [0.15, 0.2) is 66.7 Å². The van der Waals surface area contributed by atoms with E-state index in [0.29, 0.717) is 41.5 Å². The number of nitrogens with one attached hydrogen (secondary N) is 2. The van der Waals surface area contributed by atoms with Crippen LogP contribution in [-0.2, 0) is 11.2 Å². The Balaban J connectivity index is 1.62. The van der Waals surface area contributed by atoms with Gasteiger partial charge in [-0.05, 0) is 60.7 Å². The fourth-order valence-electron chi connectivity index (χ4n) is 3.79. The van der Waals surface area contributed by atoms with Crippen molar-refractivity contribution in [3.05, 3.63) is 83.4 Å². The van der Waals surface area contributed by atoms with Crippen molar-refractivity contribution in [2.24, 2.45) is 0 Å². The molecule has 0 aliphatic rings. The van der Waals surface area contributed by atoms with E-state index in [9.17, 15) is 9.59 Å². The smallest absolute Gasteiger partial charge is 0.265 e. The quantitative estimate of drug-likeness (QED) is 0.386. The number of amides is 2. The molecule has 7 nitrogen and oxygen atoms in total. The lowest BCUT2D eigenvalue weighted by molar-refractivity contribution is -0.122. The van der Waals surface area contributed by atoms with Crippen LogP contribution in [0.25, 0.3) is 0 Å². The summed E-state index contributed by atoms with van der Waals surface area (Å²) in [6.07, 6.45) is -0.133. The minimum Gasteiger partial charge on any atom is -0.493 e. The Morgan fingerprint density at radius 1 is 0.833 bits per heavy atom. The molecule has 0 unspecified atom stereocenters. The van der Waals surface area contributed by atoms with Crippen molar-refractivity contribution in [2.45, 2.75) is 39.2 Å². The summed E-state index contributed by atoms with van der Waals surface area (Å²) >= 11 is 0. The van der Waals surface area contributed by atoms with E-state index in [1.54, 1.807) is 45.4 Å². The topological polar surface area (TPSA) is 85.9 Å². The molecule has 0 fully saturated rings. The lowest BCUT2D eigenvalue weighted by Gasteiger charge is -2.19. The van der Waals surface area contributed by atoms with Crippen molar-refractivity contribution in [2.75, 3.05) is 26.1 Å². The molecule has 0 spiro atoms. The van der Waals surface area contributed by atoms with E-state index in [0.717, 1.165) is 11.1 Å². The standard InChI is InChI=1S/C29H34N2O5/c1-19(2)22-10-7-9-13-25(22)36-20(3)28(32)31-24-12-8-6-11-23(24)29(33)30-17-16-21-14-15-26(34-4)27(18-21)35-5/h6-15,18-20H,16-17H2,1-5H3,(H,30,33)(H,31,32)/t20-/m1/s1. The summed E-state index contributed by atoms with van der Waals surface area (Å²) in [7, 11) is 3.18. The Bertz CT molecular complexity index is 1190. The number of hydrogen-bond acceptors (Lipinski definition) is 5. The molecule has 0 heterocycles. The zero-order valence-corrected chi connectivity index (χ0v) is 21.5. The number of anilines is 1. The number of para-hydroxylation sites is 2. The van der Waals surface area contributed by atoms with Gasteiger partial charge in [-0.1, -0.05) is 50.2 Å². The first-order chi connectivity index (χ1) is 17.3. The third-order valence-electron chi connectivity index (χ3n) is 5.79. The second-order valence-corrected chi connectivity index (χ2v) is 8.68. The van der Waals surface area contributed by atoms with Crippen LogP contribution in [0, 0.1) is 0 Å². The third-order valence-corrected chi connectivity index (χ3v) is 5.79. The highest BCUT2D eigenvalue weighted by molar-refractivity contribution is 6.04. The van der Waals surface area contributed by atoms with Crippen LogP contribution in [-0.4, -0.2) is 38.7 Å². The first kappa shape index (κ1) is 26.6. The molecule has 36 heavy (non-hydrogen) atoms. The van der Waals surface area contributed by atoms with Gasteiger partial charge in [-0.2, -0.15) is 0 Å². The van der Waals surface area contributed by atoms with E-state index in [4.69, 9.17) is 14.2 Å². The van der Waals surface area contributed by atoms with Gasteiger partial charge in [-0.3, -0.25) is 9.59 Å². The summed E-state index contributed by atoms with van der Waals surface area (Å²) in [5, 5.41) is 5.76. The summed E-state index contributed by atoms with van der Waals surface area (Å²) in [5.41, 5.74) is 2.85. The van der Waals surface area contributed by atoms with Crippen molar-refractivity contribution >= 4 is 17.5 Å². The molecule has 2 amide bonds. The number of benzene rings is 3. The van der Waals surface area contributed by atoms with Gasteiger partial charge in [-0.25, -0.2) is 0 Å². The normalized spacial score (nSPS) is 11.5. The summed E-state index contributed by atoms with van der Waals surface area (Å²) < 4.78 is 16.6. The molecule has 2 N–H and O–H groups in total. The van der Waals surface area contributed by atoms with E-state index in [-0.39, 0.29) is 17.7 Å². The lowest BCUT2D eigenvalue weighted by Crippen LogP contribution is -2.32. The molecule has 0 saturated carbocycles. The second kappa shape index (κ2) is 12.6. The SMILES string of the molecule is COc1ccc(CCNC(=O)c2ccccc2NC(=O)[C@@H](C)Oc2ccccc2C(C)C)cc1OC. The van der Waals surface area contributed by atoms with Crippen LogP contribution in [0.1, 0.15) is 48.2 Å². The molecule has 0 saturated heterocycles. The van der Waals surface area contributed by atoms with Gasteiger partial charge in [0.25, 0.3) is 11.8 Å². The maximum atomic E-state index is 12.9. The summed E-state index contributed by atoms with van der Waals surface area (Å²) in [5.74, 6) is 1.63. The number of carbonyl (C=O) groups is 2. The zero-order valence-electron chi connectivity index (χ0n) is 21.5. The maximum Gasteiger partial charge on any atom is 0.265 e. The first-order valence-electron chi connectivity index (χ1n) is 12.0. The Morgan fingerprint density at radius 3 is 2.25 bits per heavy atom. The third kappa shape index (κ3) is 6.78. The zero-order chi connectivity index (χ0) is 26.1. The molecular formula is C29H34N2O5. The van der Waals surface area contributed by atoms with Gasteiger partial charge in [-0.15, -0.1) is 0 Å². The molecular weight excluding hydrogens is 456 g/mol. The molecule has 3 aromatic rings. The average molecular weight is 491 g/mol. The van der Waals surface area contributed by atoms with Gasteiger partial charge in [0.2, 0.25) is 0 Å². The van der Waals surface area contributed by atoms with Crippen molar-refractivity contribution in [3.63, 3.8) is 0 Å². The Labute approximate surface area is 212 Å². The highest BCUT2D eigenvalue weighted by Gasteiger charge is 2.20. The molecule has 3 rings (SSSR count). The molecule has 0 radical (unpaired) electrons. The van der Waals surface area contributed by atoms with Crippen LogP contribution in [0.5, 0.6) is 17.2 Å². The number of hydrogen-bond donors (Lipinski definition) is 2. The highest BCUT2D eigenvalue weighted by Crippen LogP contribution is 2.28. The number of rotatable bonds is 11. The van der Waals surface area contributed by atoms with Crippen molar-refractivity contribution in [1.29, 1.82) is 0 Å². The van der Waals surface area contributed by atoms with Crippen LogP contribution < -0.4 is 24.8 Å². The average Bonchev–Trinajstić information content (AvgIpc) is 2.88. The molecule has 3 aromatic carbocycles. The van der Waals surface area contributed by atoms with Crippen molar-refractivity contribution in [1.82, 2.24) is 5.32 Å². The van der Waals surface area contributed by atoms with E-state index in [1.165, 1.54) is 0 Å². The fourth-order valence-corrected chi connectivity index (χ4v) is 3.79. The molecule has 7 heteroatoms. The molecule has 0 aromatic heterocycles. The molecule has 0 aliphatic carbocycles. The maximum absolute atomic E-state index is 12.9. The lowest BCUT2D eigenvalue weighted by atomic mass is 10.0. The van der Waals surface area contributed by atoms with Gasteiger partial charge < -0.3 is 24.8 Å². The van der Waals surface area contributed by atoms with E-state index in [2.05, 4.69) is 24.5 Å². The first-order valence-corrected chi connectivity index (χ1v) is 12.0. The molecule has 190 valence electrons. The Morgan fingerprint density at radius 2 is 1.53 bits per heavy atom. The number of carbonyl (C=O) groups excluding carboxylic acids is 2. The largest absolute Gasteiger partial charge is 0.493 e. The number of methoxy groups -OCH3 is 2. The number of ether oxygens (including phenoxy) is 3. The minimum absolute atomic E-state index is 0.264. The van der Waals surface area contributed by atoms with Gasteiger partial charge in [0, 0.05) is 6.54 Å². The van der Waals surface area contributed by atoms with Crippen molar-refractivity contribution < 1.29 is 23.8 Å². The second-order valence-electron chi connectivity index (χ2n) is 8.68. The predicted octanol–water partition coefficient (Wildman–Crippen LogP) is 5.21. The van der Waals surface area contributed by atoms with Gasteiger partial charge in [0.05, 0.1) is 25.5 Å². The van der Waals surface area contributed by atoms with Crippen molar-refractivity contribution in [3.8, 4) is 17.2 Å². The fraction of sp³-hybridized carbons (Fsp3) is 0.310. The van der Waals surface area contributed by atoms with E-state index < -0.39 is 6.10 Å². The van der Waals surface area contributed by atoms with Crippen LogP contribution >= 0.6 is 0 Å². The van der Waals surface area contributed by atoms with Crippen LogP contribution in [0.4, 0.5) is 5.69 Å². The summed E-state index contributed by atoms with van der Waals surface area (Å²) in [6.45, 7) is 6.26. The Hall–Kier alpha value is -4.00. The van der Waals surface area contributed by atoms with E-state index in [1.807, 2.05) is 42.5 Å². The minimum atomic E-state index is -0.744. The monoisotopic (exact) mass is 490 g/mol. The summed E-state index contributed by atoms with van der Waals surface area (Å²) in [6, 6.07) is 20.3. The van der Waals surface area contributed by atoms with Crippen LogP contribution in [0.2, 0.25) is 0 Å². The van der Waals surface area contributed by atoms with E-state index >= 15 is 0 Å². The van der Waals surface area contributed by atoms with Gasteiger partial charge >= 0.3 is 0 Å².